The van der Waals surface area contributed by atoms with Gasteiger partial charge in [0.2, 0.25) is 5.91 Å². The topological polar surface area (TPSA) is 71.1 Å². The Hall–Kier alpha value is -2.70. The SMILES string of the molecule is C=CC(=O)NC[C@H]1CN(c2ccc3c(c2)OC[C@@H]2CCCN32)C(=O)O1. The maximum atomic E-state index is 12.2. The predicted octanol–water partition coefficient (Wildman–Crippen LogP) is 1.68. The lowest BCUT2D eigenvalue weighted by molar-refractivity contribution is -0.116. The van der Waals surface area contributed by atoms with Crippen molar-refractivity contribution in [3.8, 4) is 5.75 Å². The minimum absolute atomic E-state index is 0.268. The van der Waals surface area contributed by atoms with E-state index in [4.69, 9.17) is 9.47 Å². The third-order valence-electron chi connectivity index (χ3n) is 4.94. The van der Waals surface area contributed by atoms with Crippen LogP contribution in [0.15, 0.2) is 30.9 Å². The first kappa shape index (κ1) is 15.8. The van der Waals surface area contributed by atoms with Gasteiger partial charge in [-0.15, -0.1) is 0 Å². The highest BCUT2D eigenvalue weighted by Crippen LogP contribution is 2.40. The van der Waals surface area contributed by atoms with Gasteiger partial charge >= 0.3 is 6.09 Å². The molecule has 2 amide bonds. The Balaban J connectivity index is 1.48. The molecule has 0 radical (unpaired) electrons. The summed E-state index contributed by atoms with van der Waals surface area (Å²) in [6.07, 6.45) is 2.76. The summed E-state index contributed by atoms with van der Waals surface area (Å²) in [7, 11) is 0. The molecule has 2 saturated heterocycles. The summed E-state index contributed by atoms with van der Waals surface area (Å²) < 4.78 is 11.2. The number of nitrogens with zero attached hydrogens (tertiary/aromatic N) is 2. The lowest BCUT2D eigenvalue weighted by Crippen LogP contribution is -2.38. The molecule has 0 aromatic heterocycles. The van der Waals surface area contributed by atoms with Crippen molar-refractivity contribution in [2.75, 3.05) is 36.0 Å². The van der Waals surface area contributed by atoms with E-state index in [1.165, 1.54) is 12.5 Å². The summed E-state index contributed by atoms with van der Waals surface area (Å²) in [4.78, 5) is 27.4. The number of rotatable bonds is 4. The fourth-order valence-corrected chi connectivity index (χ4v) is 3.66. The number of carbonyl (C=O) groups is 2. The van der Waals surface area contributed by atoms with Crippen molar-refractivity contribution < 1.29 is 19.1 Å². The Morgan fingerprint density at radius 1 is 1.44 bits per heavy atom. The molecule has 25 heavy (non-hydrogen) atoms. The molecule has 0 aliphatic carbocycles. The van der Waals surface area contributed by atoms with Crippen LogP contribution in [0.4, 0.5) is 16.2 Å². The molecule has 2 atom stereocenters. The Morgan fingerprint density at radius 3 is 3.16 bits per heavy atom. The van der Waals surface area contributed by atoms with Crippen LogP contribution in [0, 0.1) is 0 Å². The molecule has 1 aromatic carbocycles. The standard InChI is InChI=1S/C18H21N3O4/c1-2-17(22)19-9-14-10-21(18(23)25-14)12-5-6-15-16(8-12)24-11-13-4-3-7-20(13)15/h2,5-6,8,13-14H,1,3-4,7,9-11H2,(H,19,22)/t13-,14-/m0/s1. The molecule has 0 bridgehead atoms. The van der Waals surface area contributed by atoms with Gasteiger partial charge in [0.1, 0.15) is 18.5 Å². The van der Waals surface area contributed by atoms with Crippen LogP contribution in [-0.4, -0.2) is 50.4 Å². The first-order valence-electron chi connectivity index (χ1n) is 8.57. The zero-order valence-corrected chi connectivity index (χ0v) is 13.9. The maximum Gasteiger partial charge on any atom is 0.414 e. The Kier molecular flexibility index (Phi) is 3.99. The van der Waals surface area contributed by atoms with E-state index in [-0.39, 0.29) is 18.6 Å². The van der Waals surface area contributed by atoms with Gasteiger partial charge in [-0.25, -0.2) is 4.79 Å². The minimum Gasteiger partial charge on any atom is -0.489 e. The van der Waals surface area contributed by atoms with Crippen molar-refractivity contribution in [1.29, 1.82) is 0 Å². The van der Waals surface area contributed by atoms with Gasteiger partial charge in [0.15, 0.2) is 0 Å². The van der Waals surface area contributed by atoms with Gasteiger partial charge in [0.25, 0.3) is 0 Å². The molecule has 2 fully saturated rings. The number of ether oxygens (including phenoxy) is 2. The van der Waals surface area contributed by atoms with Crippen LogP contribution in [-0.2, 0) is 9.53 Å². The van der Waals surface area contributed by atoms with Gasteiger partial charge in [-0.05, 0) is 31.1 Å². The van der Waals surface area contributed by atoms with Crippen molar-refractivity contribution in [3.05, 3.63) is 30.9 Å². The number of cyclic esters (lactones) is 1. The van der Waals surface area contributed by atoms with Crippen molar-refractivity contribution in [1.82, 2.24) is 5.32 Å². The van der Waals surface area contributed by atoms with Crippen LogP contribution < -0.4 is 19.9 Å². The van der Waals surface area contributed by atoms with Crippen molar-refractivity contribution in [3.63, 3.8) is 0 Å². The second-order valence-electron chi connectivity index (χ2n) is 6.52. The summed E-state index contributed by atoms with van der Waals surface area (Å²) >= 11 is 0. The summed E-state index contributed by atoms with van der Waals surface area (Å²) in [5.41, 5.74) is 1.85. The Bertz CT molecular complexity index is 720. The number of carbonyl (C=O) groups excluding carboxylic acids is 2. The molecule has 4 rings (SSSR count). The number of nitrogens with one attached hydrogen (secondary N) is 1. The minimum atomic E-state index is -0.410. The molecule has 0 spiro atoms. The largest absolute Gasteiger partial charge is 0.489 e. The van der Waals surface area contributed by atoms with E-state index in [0.29, 0.717) is 19.2 Å². The fraction of sp³-hybridized carbons (Fsp3) is 0.444. The number of benzene rings is 1. The van der Waals surface area contributed by atoms with Gasteiger partial charge < -0.3 is 19.7 Å². The highest BCUT2D eigenvalue weighted by molar-refractivity contribution is 5.91. The molecular formula is C18H21N3O4. The van der Waals surface area contributed by atoms with E-state index in [0.717, 1.165) is 30.1 Å². The molecule has 1 N–H and O–H groups in total. The number of hydrogen-bond acceptors (Lipinski definition) is 5. The van der Waals surface area contributed by atoms with Crippen LogP contribution in [0.1, 0.15) is 12.8 Å². The molecule has 3 aliphatic rings. The zero-order valence-electron chi connectivity index (χ0n) is 13.9. The van der Waals surface area contributed by atoms with E-state index in [1.54, 1.807) is 4.90 Å². The molecule has 0 saturated carbocycles. The summed E-state index contributed by atoms with van der Waals surface area (Å²) in [5.74, 6) is 0.531. The summed E-state index contributed by atoms with van der Waals surface area (Å²) in [6, 6.07) is 6.31. The van der Waals surface area contributed by atoms with Crippen LogP contribution in [0.3, 0.4) is 0 Å². The van der Waals surface area contributed by atoms with E-state index < -0.39 is 6.09 Å². The third kappa shape index (κ3) is 2.90. The van der Waals surface area contributed by atoms with E-state index in [9.17, 15) is 9.59 Å². The molecule has 3 aliphatic heterocycles. The van der Waals surface area contributed by atoms with Crippen LogP contribution in [0.5, 0.6) is 5.75 Å². The Labute approximate surface area is 146 Å². The first-order valence-corrected chi connectivity index (χ1v) is 8.57. The maximum absolute atomic E-state index is 12.2. The van der Waals surface area contributed by atoms with E-state index in [1.807, 2.05) is 18.2 Å². The predicted molar refractivity (Wildman–Crippen MR) is 93.1 cm³/mol. The zero-order chi connectivity index (χ0) is 17.4. The molecule has 0 unspecified atom stereocenters. The van der Waals surface area contributed by atoms with Gasteiger partial charge in [0.05, 0.1) is 30.5 Å². The summed E-state index contributed by atoms with van der Waals surface area (Å²) in [6.45, 7) is 5.80. The number of fused-ring (bicyclic) bond motifs is 3. The number of hydrogen-bond donors (Lipinski definition) is 1. The van der Waals surface area contributed by atoms with Crippen LogP contribution >= 0.6 is 0 Å². The average Bonchev–Trinajstić information content (AvgIpc) is 3.25. The highest BCUT2D eigenvalue weighted by atomic mass is 16.6. The molecule has 7 heteroatoms. The number of amides is 2. The van der Waals surface area contributed by atoms with Gasteiger partial charge in [-0.2, -0.15) is 0 Å². The molecule has 1 aromatic rings. The smallest absolute Gasteiger partial charge is 0.414 e. The van der Waals surface area contributed by atoms with Gasteiger partial charge in [-0.1, -0.05) is 6.58 Å². The number of anilines is 2. The molecule has 7 nitrogen and oxygen atoms in total. The molecule has 3 heterocycles. The quantitative estimate of drug-likeness (QED) is 0.842. The van der Waals surface area contributed by atoms with Crippen molar-refractivity contribution >= 4 is 23.4 Å². The van der Waals surface area contributed by atoms with Crippen LogP contribution in [0.25, 0.3) is 0 Å². The van der Waals surface area contributed by atoms with Crippen LogP contribution in [0.2, 0.25) is 0 Å². The second kappa shape index (κ2) is 6.31. The van der Waals surface area contributed by atoms with Crippen molar-refractivity contribution in [2.45, 2.75) is 25.0 Å². The van der Waals surface area contributed by atoms with E-state index in [2.05, 4.69) is 16.8 Å². The monoisotopic (exact) mass is 343 g/mol. The lowest BCUT2D eigenvalue weighted by Gasteiger charge is -2.34. The van der Waals surface area contributed by atoms with Gasteiger partial charge in [0, 0.05) is 12.6 Å². The van der Waals surface area contributed by atoms with Gasteiger partial charge in [-0.3, -0.25) is 9.69 Å². The molecule has 132 valence electrons. The first-order chi connectivity index (χ1) is 12.2. The summed E-state index contributed by atoms with van der Waals surface area (Å²) in [5, 5.41) is 2.65. The Morgan fingerprint density at radius 2 is 2.32 bits per heavy atom. The highest BCUT2D eigenvalue weighted by Gasteiger charge is 2.35. The third-order valence-corrected chi connectivity index (χ3v) is 4.94. The van der Waals surface area contributed by atoms with Crippen molar-refractivity contribution in [2.24, 2.45) is 0 Å². The lowest BCUT2D eigenvalue weighted by atomic mass is 10.1. The molecular weight excluding hydrogens is 322 g/mol. The van der Waals surface area contributed by atoms with E-state index >= 15 is 0 Å². The fourth-order valence-electron chi connectivity index (χ4n) is 3.66. The normalized spacial score (nSPS) is 24.2. The average molecular weight is 343 g/mol. The second-order valence-corrected chi connectivity index (χ2v) is 6.52.